The Morgan fingerprint density at radius 1 is 1.17 bits per heavy atom. The molecule has 0 bridgehead atoms. The highest BCUT2D eigenvalue weighted by atomic mass is 35.5. The van der Waals surface area contributed by atoms with E-state index in [0.717, 1.165) is 50.3 Å². The van der Waals surface area contributed by atoms with Gasteiger partial charge in [-0.3, -0.25) is 0 Å². The van der Waals surface area contributed by atoms with Gasteiger partial charge < -0.3 is 9.47 Å². The van der Waals surface area contributed by atoms with Gasteiger partial charge in [-0.15, -0.1) is 0 Å². The SMILES string of the molecule is Cc1c(Cl)nc(C2CC2)nc1OC1CCOCC1. The van der Waals surface area contributed by atoms with E-state index in [1.165, 1.54) is 0 Å². The lowest BCUT2D eigenvalue weighted by Gasteiger charge is -2.23. The average molecular weight is 269 g/mol. The fourth-order valence-electron chi connectivity index (χ4n) is 2.08. The molecule has 3 rings (SSSR count). The summed E-state index contributed by atoms with van der Waals surface area (Å²) in [5.41, 5.74) is 0.840. The van der Waals surface area contributed by atoms with Crippen LogP contribution in [0.4, 0.5) is 0 Å². The van der Waals surface area contributed by atoms with Gasteiger partial charge in [-0.2, -0.15) is 4.98 Å². The van der Waals surface area contributed by atoms with Crippen LogP contribution in [0.1, 0.15) is 43.0 Å². The van der Waals surface area contributed by atoms with Gasteiger partial charge in [0.25, 0.3) is 0 Å². The molecule has 0 aromatic carbocycles. The lowest BCUT2D eigenvalue weighted by atomic mass is 10.1. The van der Waals surface area contributed by atoms with Gasteiger partial charge in [0, 0.05) is 24.3 Å². The Kier molecular flexibility index (Phi) is 3.39. The number of aromatic nitrogens is 2. The second kappa shape index (κ2) is 5.02. The van der Waals surface area contributed by atoms with Crippen molar-refractivity contribution in [2.24, 2.45) is 0 Å². The molecule has 0 radical (unpaired) electrons. The lowest BCUT2D eigenvalue weighted by molar-refractivity contribution is 0.0233. The summed E-state index contributed by atoms with van der Waals surface area (Å²) >= 11 is 6.15. The fraction of sp³-hybridized carbons (Fsp3) is 0.692. The Morgan fingerprint density at radius 2 is 1.89 bits per heavy atom. The molecule has 2 heterocycles. The van der Waals surface area contributed by atoms with Gasteiger partial charge in [-0.05, 0) is 19.8 Å². The third kappa shape index (κ3) is 2.59. The zero-order valence-electron chi connectivity index (χ0n) is 10.5. The molecule has 2 aliphatic rings. The molecule has 1 aromatic heterocycles. The third-order valence-electron chi connectivity index (χ3n) is 3.45. The van der Waals surface area contributed by atoms with Crippen LogP contribution in [0.5, 0.6) is 5.88 Å². The van der Waals surface area contributed by atoms with Gasteiger partial charge in [-0.25, -0.2) is 4.98 Å². The number of halogens is 1. The molecule has 0 spiro atoms. The van der Waals surface area contributed by atoms with Gasteiger partial charge in [0.05, 0.1) is 13.2 Å². The summed E-state index contributed by atoms with van der Waals surface area (Å²) in [5.74, 6) is 1.98. The maximum atomic E-state index is 6.15. The first-order valence-corrected chi connectivity index (χ1v) is 6.90. The highest BCUT2D eigenvalue weighted by Gasteiger charge is 2.29. The number of rotatable bonds is 3. The minimum absolute atomic E-state index is 0.190. The normalized spacial score (nSPS) is 21.0. The van der Waals surface area contributed by atoms with Crippen molar-refractivity contribution in [3.63, 3.8) is 0 Å². The van der Waals surface area contributed by atoms with E-state index in [2.05, 4.69) is 9.97 Å². The van der Waals surface area contributed by atoms with Crippen molar-refractivity contribution in [1.82, 2.24) is 9.97 Å². The summed E-state index contributed by atoms with van der Waals surface area (Å²) in [6, 6.07) is 0. The van der Waals surface area contributed by atoms with Gasteiger partial charge >= 0.3 is 0 Å². The van der Waals surface area contributed by atoms with E-state index in [4.69, 9.17) is 21.1 Å². The van der Waals surface area contributed by atoms with Gasteiger partial charge in [0.2, 0.25) is 5.88 Å². The van der Waals surface area contributed by atoms with Crippen LogP contribution in [-0.2, 0) is 4.74 Å². The van der Waals surface area contributed by atoms with Crippen molar-refractivity contribution in [1.29, 1.82) is 0 Å². The standard InChI is InChI=1S/C13H17ClN2O2/c1-8-11(14)15-12(9-2-3-9)16-13(8)18-10-4-6-17-7-5-10/h9-10H,2-7H2,1H3. The quantitative estimate of drug-likeness (QED) is 0.791. The van der Waals surface area contributed by atoms with Crippen LogP contribution in [0, 0.1) is 6.92 Å². The molecule has 0 atom stereocenters. The molecule has 1 aliphatic carbocycles. The molecule has 18 heavy (non-hydrogen) atoms. The van der Waals surface area contributed by atoms with Crippen LogP contribution in [0.25, 0.3) is 0 Å². The molecule has 0 amide bonds. The average Bonchev–Trinajstić information content (AvgIpc) is 3.20. The molecular weight excluding hydrogens is 252 g/mol. The summed E-state index contributed by atoms with van der Waals surface area (Å²) in [6.07, 6.45) is 4.35. The summed E-state index contributed by atoms with van der Waals surface area (Å²) in [4.78, 5) is 8.87. The maximum Gasteiger partial charge on any atom is 0.221 e. The smallest absolute Gasteiger partial charge is 0.221 e. The van der Waals surface area contributed by atoms with Gasteiger partial charge in [0.1, 0.15) is 17.1 Å². The summed E-state index contributed by atoms with van der Waals surface area (Å²) in [5, 5.41) is 0.522. The van der Waals surface area contributed by atoms with Crippen molar-refractivity contribution in [2.75, 3.05) is 13.2 Å². The fourth-order valence-corrected chi connectivity index (χ4v) is 2.24. The Hall–Kier alpha value is -0.870. The Balaban J connectivity index is 1.80. The van der Waals surface area contributed by atoms with E-state index in [0.29, 0.717) is 17.0 Å². The van der Waals surface area contributed by atoms with E-state index in [9.17, 15) is 0 Å². The zero-order valence-corrected chi connectivity index (χ0v) is 11.2. The van der Waals surface area contributed by atoms with Crippen LogP contribution in [0.3, 0.4) is 0 Å². The van der Waals surface area contributed by atoms with E-state index < -0.39 is 0 Å². The van der Waals surface area contributed by atoms with Crippen LogP contribution < -0.4 is 4.74 Å². The molecule has 98 valence electrons. The molecule has 0 N–H and O–H groups in total. The van der Waals surface area contributed by atoms with Crippen molar-refractivity contribution < 1.29 is 9.47 Å². The number of hydrogen-bond donors (Lipinski definition) is 0. The van der Waals surface area contributed by atoms with Crippen molar-refractivity contribution >= 4 is 11.6 Å². The highest BCUT2D eigenvalue weighted by Crippen LogP contribution is 2.40. The Labute approximate surface area is 112 Å². The molecular formula is C13H17ClN2O2. The van der Waals surface area contributed by atoms with Crippen molar-refractivity contribution in [3.05, 3.63) is 16.5 Å². The Morgan fingerprint density at radius 3 is 2.56 bits per heavy atom. The van der Waals surface area contributed by atoms with Gasteiger partial charge in [0.15, 0.2) is 0 Å². The Bertz CT molecular complexity index is 443. The van der Waals surface area contributed by atoms with Crippen LogP contribution in [0.15, 0.2) is 0 Å². The monoisotopic (exact) mass is 268 g/mol. The summed E-state index contributed by atoms with van der Waals surface area (Å²) in [6.45, 7) is 3.43. The van der Waals surface area contributed by atoms with Crippen molar-refractivity contribution in [2.45, 2.75) is 44.6 Å². The minimum Gasteiger partial charge on any atom is -0.474 e. The molecule has 2 fully saturated rings. The van der Waals surface area contributed by atoms with Gasteiger partial charge in [-0.1, -0.05) is 11.6 Å². The lowest BCUT2D eigenvalue weighted by Crippen LogP contribution is -2.26. The molecule has 4 nitrogen and oxygen atoms in total. The van der Waals surface area contributed by atoms with Crippen LogP contribution in [-0.4, -0.2) is 29.3 Å². The van der Waals surface area contributed by atoms with Crippen LogP contribution >= 0.6 is 11.6 Å². The first-order chi connectivity index (χ1) is 8.74. The number of hydrogen-bond acceptors (Lipinski definition) is 4. The first-order valence-electron chi connectivity index (χ1n) is 6.52. The predicted octanol–water partition coefficient (Wildman–Crippen LogP) is 2.87. The molecule has 1 saturated heterocycles. The van der Waals surface area contributed by atoms with Crippen molar-refractivity contribution in [3.8, 4) is 5.88 Å². The topological polar surface area (TPSA) is 44.2 Å². The first kappa shape index (κ1) is 12.2. The second-order valence-electron chi connectivity index (χ2n) is 5.01. The summed E-state index contributed by atoms with van der Waals surface area (Å²) < 4.78 is 11.3. The largest absolute Gasteiger partial charge is 0.474 e. The minimum atomic E-state index is 0.190. The molecule has 1 aromatic rings. The molecule has 5 heteroatoms. The van der Waals surface area contributed by atoms with Crippen LogP contribution in [0.2, 0.25) is 5.15 Å². The zero-order chi connectivity index (χ0) is 12.5. The van der Waals surface area contributed by atoms with E-state index >= 15 is 0 Å². The highest BCUT2D eigenvalue weighted by molar-refractivity contribution is 6.30. The predicted molar refractivity (Wildman–Crippen MR) is 68.2 cm³/mol. The number of ether oxygens (including phenoxy) is 2. The molecule has 1 saturated carbocycles. The van der Waals surface area contributed by atoms with E-state index in [1.54, 1.807) is 0 Å². The maximum absolute atomic E-state index is 6.15. The summed E-state index contributed by atoms with van der Waals surface area (Å²) in [7, 11) is 0. The second-order valence-corrected chi connectivity index (χ2v) is 5.36. The van der Waals surface area contributed by atoms with E-state index in [1.807, 2.05) is 6.92 Å². The molecule has 1 aliphatic heterocycles. The molecule has 0 unspecified atom stereocenters. The van der Waals surface area contributed by atoms with E-state index in [-0.39, 0.29) is 6.10 Å². The third-order valence-corrected chi connectivity index (χ3v) is 3.82. The number of nitrogens with zero attached hydrogens (tertiary/aromatic N) is 2.